The molecule has 2 aromatic rings. The van der Waals surface area contributed by atoms with E-state index in [4.69, 9.17) is 4.74 Å². The third-order valence-corrected chi connectivity index (χ3v) is 5.48. The normalized spacial score (nSPS) is 21.7. The zero-order valence-corrected chi connectivity index (χ0v) is 13.9. The predicted molar refractivity (Wildman–Crippen MR) is 84.3 cm³/mol. The maximum absolute atomic E-state index is 12.4. The SMILES string of the molecule is Cc1nc([C@@H]2CC[C@H](CNS(=O)(=O)c3ccccc3C)O2)n[nH]1. The Hall–Kier alpha value is -1.77. The van der Waals surface area contributed by atoms with Crippen LogP contribution in [-0.2, 0) is 14.8 Å². The molecule has 7 nitrogen and oxygen atoms in total. The standard InChI is InChI=1S/C15H20N4O3S/c1-10-5-3-4-6-14(10)23(20,21)16-9-12-7-8-13(22-12)15-17-11(2)18-19-15/h3-6,12-13,16H,7-9H2,1-2H3,(H,17,18,19)/t12-,13+/m1/s1. The van der Waals surface area contributed by atoms with Crippen LogP contribution in [0.25, 0.3) is 0 Å². The molecule has 124 valence electrons. The summed E-state index contributed by atoms with van der Waals surface area (Å²) in [6.07, 6.45) is 1.22. The van der Waals surface area contributed by atoms with Crippen molar-refractivity contribution in [1.29, 1.82) is 0 Å². The Morgan fingerprint density at radius 1 is 1.30 bits per heavy atom. The van der Waals surface area contributed by atoms with Gasteiger partial charge in [0, 0.05) is 6.54 Å². The van der Waals surface area contributed by atoms with Gasteiger partial charge >= 0.3 is 0 Å². The van der Waals surface area contributed by atoms with Crippen LogP contribution in [-0.4, -0.2) is 36.2 Å². The van der Waals surface area contributed by atoms with Gasteiger partial charge in [0.25, 0.3) is 0 Å². The van der Waals surface area contributed by atoms with Crippen molar-refractivity contribution in [3.8, 4) is 0 Å². The van der Waals surface area contributed by atoms with Crippen LogP contribution in [0.1, 0.15) is 36.2 Å². The van der Waals surface area contributed by atoms with Crippen LogP contribution in [0.3, 0.4) is 0 Å². The van der Waals surface area contributed by atoms with E-state index >= 15 is 0 Å². The van der Waals surface area contributed by atoms with Gasteiger partial charge < -0.3 is 4.74 Å². The van der Waals surface area contributed by atoms with Crippen molar-refractivity contribution >= 4 is 10.0 Å². The van der Waals surface area contributed by atoms with Crippen LogP contribution >= 0.6 is 0 Å². The monoisotopic (exact) mass is 336 g/mol. The second-order valence-electron chi connectivity index (χ2n) is 5.72. The van der Waals surface area contributed by atoms with E-state index in [1.807, 2.05) is 13.0 Å². The van der Waals surface area contributed by atoms with Gasteiger partial charge in [-0.05, 0) is 38.3 Å². The molecule has 0 amide bonds. The Kier molecular flexibility index (Phi) is 4.47. The second kappa shape index (κ2) is 6.38. The fraction of sp³-hybridized carbons (Fsp3) is 0.467. The highest BCUT2D eigenvalue weighted by atomic mass is 32.2. The van der Waals surface area contributed by atoms with Gasteiger partial charge in [-0.3, -0.25) is 5.10 Å². The predicted octanol–water partition coefficient (Wildman–Crippen LogP) is 1.62. The molecule has 1 aliphatic rings. The molecule has 0 bridgehead atoms. The van der Waals surface area contributed by atoms with E-state index in [0.717, 1.165) is 24.2 Å². The molecule has 3 rings (SSSR count). The lowest BCUT2D eigenvalue weighted by molar-refractivity contribution is 0.0430. The number of aromatic amines is 1. The van der Waals surface area contributed by atoms with Gasteiger partial charge in [-0.15, -0.1) is 0 Å². The molecule has 2 atom stereocenters. The van der Waals surface area contributed by atoms with Crippen LogP contribution in [0.5, 0.6) is 0 Å². The topological polar surface area (TPSA) is 97.0 Å². The number of ether oxygens (including phenoxy) is 1. The van der Waals surface area contributed by atoms with E-state index in [-0.39, 0.29) is 18.8 Å². The highest BCUT2D eigenvalue weighted by molar-refractivity contribution is 7.89. The summed E-state index contributed by atoms with van der Waals surface area (Å²) < 4.78 is 33.2. The van der Waals surface area contributed by atoms with Crippen LogP contribution in [0.15, 0.2) is 29.2 Å². The van der Waals surface area contributed by atoms with Gasteiger partial charge in [0.2, 0.25) is 10.0 Å². The van der Waals surface area contributed by atoms with E-state index < -0.39 is 10.0 Å². The summed E-state index contributed by atoms with van der Waals surface area (Å²) in [5.74, 6) is 1.37. The lowest BCUT2D eigenvalue weighted by Crippen LogP contribution is -2.32. The van der Waals surface area contributed by atoms with Crippen molar-refractivity contribution < 1.29 is 13.2 Å². The first-order valence-electron chi connectivity index (χ1n) is 7.55. The largest absolute Gasteiger partial charge is 0.366 e. The molecule has 1 fully saturated rings. The molecule has 1 aromatic heterocycles. The molecule has 0 spiro atoms. The smallest absolute Gasteiger partial charge is 0.240 e. The first-order valence-corrected chi connectivity index (χ1v) is 9.03. The van der Waals surface area contributed by atoms with E-state index in [0.29, 0.717) is 10.7 Å². The van der Waals surface area contributed by atoms with Gasteiger partial charge in [-0.2, -0.15) is 5.10 Å². The van der Waals surface area contributed by atoms with Crippen LogP contribution < -0.4 is 4.72 Å². The number of rotatable bonds is 5. The molecule has 0 aliphatic carbocycles. The third kappa shape index (κ3) is 3.60. The highest BCUT2D eigenvalue weighted by Gasteiger charge is 2.30. The molecule has 23 heavy (non-hydrogen) atoms. The van der Waals surface area contributed by atoms with Crippen LogP contribution in [0, 0.1) is 13.8 Å². The molecule has 2 heterocycles. The lowest BCUT2D eigenvalue weighted by Gasteiger charge is -2.14. The number of benzene rings is 1. The van der Waals surface area contributed by atoms with E-state index in [1.165, 1.54) is 0 Å². The minimum Gasteiger partial charge on any atom is -0.366 e. The molecule has 2 N–H and O–H groups in total. The van der Waals surface area contributed by atoms with Crippen molar-refractivity contribution in [1.82, 2.24) is 19.9 Å². The van der Waals surface area contributed by atoms with Gasteiger partial charge in [0.15, 0.2) is 5.82 Å². The molecular weight excluding hydrogens is 316 g/mol. The summed E-state index contributed by atoms with van der Waals surface area (Å²) in [4.78, 5) is 4.57. The number of sulfonamides is 1. The highest BCUT2D eigenvalue weighted by Crippen LogP contribution is 2.30. The molecule has 0 unspecified atom stereocenters. The molecule has 1 saturated heterocycles. The molecule has 0 saturated carbocycles. The number of aryl methyl sites for hydroxylation is 2. The van der Waals surface area contributed by atoms with Crippen LogP contribution in [0.4, 0.5) is 0 Å². The summed E-state index contributed by atoms with van der Waals surface area (Å²) in [6, 6.07) is 6.92. The Morgan fingerprint density at radius 3 is 2.78 bits per heavy atom. The number of H-pyrrole nitrogens is 1. The average molecular weight is 336 g/mol. The van der Waals surface area contributed by atoms with Crippen molar-refractivity contribution in [2.45, 2.75) is 43.8 Å². The number of hydrogen-bond acceptors (Lipinski definition) is 5. The van der Waals surface area contributed by atoms with Gasteiger partial charge in [-0.1, -0.05) is 18.2 Å². The average Bonchev–Trinajstić information content (AvgIpc) is 3.14. The summed E-state index contributed by atoms with van der Waals surface area (Å²) in [5, 5.41) is 6.89. The zero-order chi connectivity index (χ0) is 16.4. The number of hydrogen-bond donors (Lipinski definition) is 2. The molecule has 1 aliphatic heterocycles. The molecule has 1 aromatic carbocycles. The molecule has 8 heteroatoms. The summed E-state index contributed by atoms with van der Waals surface area (Å²) in [6.45, 7) is 3.86. The number of aromatic nitrogens is 3. The third-order valence-electron chi connectivity index (χ3n) is 3.89. The van der Waals surface area contributed by atoms with Crippen molar-refractivity contribution in [3.05, 3.63) is 41.5 Å². The zero-order valence-electron chi connectivity index (χ0n) is 13.1. The Labute approximate surface area is 135 Å². The van der Waals surface area contributed by atoms with E-state index in [2.05, 4.69) is 19.9 Å². The number of nitrogens with zero attached hydrogens (tertiary/aromatic N) is 2. The quantitative estimate of drug-likeness (QED) is 0.865. The maximum atomic E-state index is 12.4. The minimum absolute atomic E-state index is 0.169. The second-order valence-corrected chi connectivity index (χ2v) is 7.46. The lowest BCUT2D eigenvalue weighted by atomic mass is 10.2. The Morgan fingerprint density at radius 2 is 2.09 bits per heavy atom. The summed E-state index contributed by atoms with van der Waals surface area (Å²) >= 11 is 0. The van der Waals surface area contributed by atoms with E-state index in [9.17, 15) is 8.42 Å². The first kappa shape index (κ1) is 16.1. The first-order chi connectivity index (χ1) is 11.0. The fourth-order valence-corrected chi connectivity index (χ4v) is 4.00. The summed E-state index contributed by atoms with van der Waals surface area (Å²) in [5.41, 5.74) is 0.724. The van der Waals surface area contributed by atoms with Crippen LogP contribution in [0.2, 0.25) is 0 Å². The maximum Gasteiger partial charge on any atom is 0.240 e. The molecule has 0 radical (unpaired) electrons. The minimum atomic E-state index is -3.52. The van der Waals surface area contributed by atoms with Gasteiger partial charge in [-0.25, -0.2) is 18.1 Å². The molecular formula is C15H20N4O3S. The Bertz CT molecular complexity index is 788. The number of nitrogens with one attached hydrogen (secondary N) is 2. The van der Waals surface area contributed by atoms with Crippen molar-refractivity contribution in [3.63, 3.8) is 0 Å². The summed E-state index contributed by atoms with van der Waals surface area (Å²) in [7, 11) is -3.52. The van der Waals surface area contributed by atoms with Gasteiger partial charge in [0.05, 0.1) is 11.0 Å². The van der Waals surface area contributed by atoms with Crippen molar-refractivity contribution in [2.24, 2.45) is 0 Å². The van der Waals surface area contributed by atoms with Gasteiger partial charge in [0.1, 0.15) is 11.9 Å². The van der Waals surface area contributed by atoms with E-state index in [1.54, 1.807) is 25.1 Å². The Balaban J connectivity index is 1.60. The van der Waals surface area contributed by atoms with Crippen molar-refractivity contribution in [2.75, 3.05) is 6.54 Å². The fourth-order valence-electron chi connectivity index (χ4n) is 2.69.